The molecule has 3 aromatic carbocycles. The number of likely N-dealkylation sites (tertiary alicyclic amines) is 1. The Morgan fingerprint density at radius 3 is 2.03 bits per heavy atom. The second-order valence-corrected chi connectivity index (χ2v) is 10.5. The van der Waals surface area contributed by atoms with Crippen LogP contribution < -0.4 is 4.90 Å². The van der Waals surface area contributed by atoms with Crippen LogP contribution in [-0.4, -0.2) is 27.3 Å². The van der Waals surface area contributed by atoms with Crippen molar-refractivity contribution in [2.75, 3.05) is 11.4 Å². The fraction of sp³-hybridized carbons (Fsp3) is 0.290. The summed E-state index contributed by atoms with van der Waals surface area (Å²) in [7, 11) is 0. The molecular formula is C31H32N4O. The Hall–Kier alpha value is -3.86. The summed E-state index contributed by atoms with van der Waals surface area (Å²) in [4.78, 5) is 18.9. The van der Waals surface area contributed by atoms with Gasteiger partial charge in [-0.3, -0.25) is 4.90 Å². The van der Waals surface area contributed by atoms with Crippen molar-refractivity contribution in [3.63, 3.8) is 0 Å². The first-order valence-corrected chi connectivity index (χ1v) is 12.8. The van der Waals surface area contributed by atoms with Gasteiger partial charge in [-0.2, -0.15) is 5.10 Å². The lowest BCUT2D eigenvalue weighted by molar-refractivity contribution is 0.160. The molecule has 3 heterocycles. The van der Waals surface area contributed by atoms with Gasteiger partial charge in [-0.25, -0.2) is 9.48 Å². The van der Waals surface area contributed by atoms with E-state index >= 15 is 0 Å². The van der Waals surface area contributed by atoms with Crippen molar-refractivity contribution in [2.45, 2.75) is 50.2 Å². The third kappa shape index (κ3) is 3.45. The summed E-state index contributed by atoms with van der Waals surface area (Å²) >= 11 is 0. The van der Waals surface area contributed by atoms with Crippen molar-refractivity contribution in [3.05, 3.63) is 120 Å². The molecule has 1 atom stereocenters. The number of amides is 2. The van der Waals surface area contributed by atoms with Crippen molar-refractivity contribution < 1.29 is 4.79 Å². The van der Waals surface area contributed by atoms with Gasteiger partial charge in [-0.1, -0.05) is 91.0 Å². The van der Waals surface area contributed by atoms with E-state index in [1.54, 1.807) is 0 Å². The highest BCUT2D eigenvalue weighted by atomic mass is 16.2. The van der Waals surface area contributed by atoms with Crippen LogP contribution in [0, 0.1) is 0 Å². The molecule has 1 unspecified atom stereocenters. The van der Waals surface area contributed by atoms with Gasteiger partial charge in [0.05, 0.1) is 23.3 Å². The van der Waals surface area contributed by atoms with Gasteiger partial charge in [0.25, 0.3) is 0 Å². The summed E-state index contributed by atoms with van der Waals surface area (Å²) < 4.78 is 2.02. The molecular weight excluding hydrogens is 444 g/mol. The maximum atomic E-state index is 14.8. The number of nitrogens with zero attached hydrogens (tertiary/aromatic N) is 4. The Kier molecular flexibility index (Phi) is 5.44. The molecule has 2 aliphatic heterocycles. The van der Waals surface area contributed by atoms with E-state index in [1.807, 2.05) is 40.0 Å². The molecule has 1 saturated heterocycles. The highest BCUT2D eigenvalue weighted by molar-refractivity contribution is 5.93. The van der Waals surface area contributed by atoms with Crippen molar-refractivity contribution in [2.24, 2.45) is 0 Å². The summed E-state index contributed by atoms with van der Waals surface area (Å²) in [5.74, 6) is 0.854. The molecule has 1 aromatic heterocycles. The average molecular weight is 477 g/mol. The number of urea groups is 1. The van der Waals surface area contributed by atoms with Crippen LogP contribution >= 0.6 is 0 Å². The van der Waals surface area contributed by atoms with E-state index in [0.717, 1.165) is 41.8 Å². The number of benzene rings is 3. The number of aromatic nitrogens is 2. The van der Waals surface area contributed by atoms with Crippen molar-refractivity contribution in [1.82, 2.24) is 14.7 Å². The molecule has 0 N–H and O–H groups in total. The van der Waals surface area contributed by atoms with E-state index in [4.69, 9.17) is 0 Å². The monoisotopic (exact) mass is 476 g/mol. The number of anilines is 1. The molecule has 0 saturated carbocycles. The maximum Gasteiger partial charge on any atom is 0.327 e. The van der Waals surface area contributed by atoms with E-state index in [9.17, 15) is 4.79 Å². The molecule has 2 aliphatic rings. The molecule has 6 rings (SSSR count). The van der Waals surface area contributed by atoms with Crippen LogP contribution in [-0.2, 0) is 11.1 Å². The second-order valence-electron chi connectivity index (χ2n) is 10.5. The lowest BCUT2D eigenvalue weighted by atomic mass is 9.80. The standard InChI is InChI=1S/C31H32N4O/c1-30(2)23-27(24-13-6-3-7-14-24)34(28-19-21-32-35(28)30)29(36)33-22-12-20-31(33,25-15-8-4-9-16-25)26-17-10-5-11-18-26/h3-11,13-19,21,27H,12,20,22-23H2,1-2H3. The molecule has 4 aromatic rings. The molecule has 0 bridgehead atoms. The minimum atomic E-state index is -0.515. The van der Waals surface area contributed by atoms with Gasteiger partial charge in [-0.05, 0) is 49.8 Å². The summed E-state index contributed by atoms with van der Waals surface area (Å²) in [5.41, 5.74) is 2.74. The first-order valence-electron chi connectivity index (χ1n) is 12.8. The highest BCUT2D eigenvalue weighted by Gasteiger charge is 2.51. The van der Waals surface area contributed by atoms with Crippen LogP contribution in [0.3, 0.4) is 0 Å². The predicted molar refractivity (Wildman–Crippen MR) is 143 cm³/mol. The van der Waals surface area contributed by atoms with Gasteiger partial charge in [0.2, 0.25) is 0 Å². The van der Waals surface area contributed by atoms with E-state index in [2.05, 4.69) is 96.6 Å². The zero-order chi connectivity index (χ0) is 24.8. The molecule has 36 heavy (non-hydrogen) atoms. The van der Waals surface area contributed by atoms with Crippen molar-refractivity contribution >= 4 is 11.8 Å². The maximum absolute atomic E-state index is 14.8. The molecule has 0 spiro atoms. The first kappa shape index (κ1) is 22.6. The quantitative estimate of drug-likeness (QED) is 0.329. The van der Waals surface area contributed by atoms with Crippen LogP contribution in [0.2, 0.25) is 0 Å². The third-order valence-electron chi connectivity index (χ3n) is 7.95. The van der Waals surface area contributed by atoms with Crippen LogP contribution in [0.15, 0.2) is 103 Å². The third-order valence-corrected chi connectivity index (χ3v) is 7.95. The molecule has 0 radical (unpaired) electrons. The minimum absolute atomic E-state index is 0.0336. The van der Waals surface area contributed by atoms with E-state index in [-0.39, 0.29) is 17.6 Å². The summed E-state index contributed by atoms with van der Waals surface area (Å²) in [6, 6.07) is 33.4. The lowest BCUT2D eigenvalue weighted by Gasteiger charge is -2.48. The van der Waals surface area contributed by atoms with Gasteiger partial charge in [0, 0.05) is 12.6 Å². The average Bonchev–Trinajstić information content (AvgIpc) is 3.59. The SMILES string of the molecule is CC1(C)CC(c2ccccc2)N(C(=O)N2CCCC2(c2ccccc2)c2ccccc2)c2ccnn21. The number of fused-ring (bicyclic) bond motifs is 1. The smallest absolute Gasteiger partial charge is 0.310 e. The molecule has 5 heteroatoms. The normalized spacial score (nSPS) is 20.2. The Labute approximate surface area is 213 Å². The summed E-state index contributed by atoms with van der Waals surface area (Å²) in [5, 5.41) is 4.65. The Bertz CT molecular complexity index is 1310. The van der Waals surface area contributed by atoms with Crippen molar-refractivity contribution in [3.8, 4) is 0 Å². The zero-order valence-electron chi connectivity index (χ0n) is 20.9. The number of hydrogen-bond donors (Lipinski definition) is 0. The first-order chi connectivity index (χ1) is 17.5. The van der Waals surface area contributed by atoms with E-state index in [0.29, 0.717) is 6.54 Å². The van der Waals surface area contributed by atoms with Crippen LogP contribution in [0.1, 0.15) is 55.8 Å². The predicted octanol–water partition coefficient (Wildman–Crippen LogP) is 6.73. The molecule has 1 fully saturated rings. The largest absolute Gasteiger partial charge is 0.327 e. The number of rotatable bonds is 3. The van der Waals surface area contributed by atoms with Gasteiger partial charge >= 0.3 is 6.03 Å². The van der Waals surface area contributed by atoms with E-state index in [1.165, 1.54) is 0 Å². The van der Waals surface area contributed by atoms with Gasteiger partial charge in [0.1, 0.15) is 5.82 Å². The number of hydrogen-bond acceptors (Lipinski definition) is 2. The molecule has 0 aliphatic carbocycles. The fourth-order valence-electron chi connectivity index (χ4n) is 6.33. The fourth-order valence-corrected chi connectivity index (χ4v) is 6.33. The van der Waals surface area contributed by atoms with Gasteiger partial charge in [0.15, 0.2) is 0 Å². The number of carbonyl (C=O) groups excluding carboxylic acids is 1. The zero-order valence-corrected chi connectivity index (χ0v) is 20.9. The Balaban J connectivity index is 1.52. The second kappa shape index (κ2) is 8.66. The molecule has 2 amide bonds. The lowest BCUT2D eigenvalue weighted by Crippen LogP contribution is -2.56. The topological polar surface area (TPSA) is 41.4 Å². The summed E-state index contributed by atoms with van der Waals surface area (Å²) in [6.07, 6.45) is 4.44. The van der Waals surface area contributed by atoms with Crippen LogP contribution in [0.5, 0.6) is 0 Å². The van der Waals surface area contributed by atoms with E-state index < -0.39 is 5.54 Å². The summed E-state index contributed by atoms with van der Waals surface area (Å²) in [6.45, 7) is 5.11. The van der Waals surface area contributed by atoms with Crippen molar-refractivity contribution in [1.29, 1.82) is 0 Å². The Morgan fingerprint density at radius 1 is 0.833 bits per heavy atom. The number of carbonyl (C=O) groups is 1. The van der Waals surface area contributed by atoms with Crippen LogP contribution in [0.4, 0.5) is 10.6 Å². The van der Waals surface area contributed by atoms with Crippen LogP contribution in [0.25, 0.3) is 0 Å². The molecule has 182 valence electrons. The van der Waals surface area contributed by atoms with Gasteiger partial charge < -0.3 is 4.90 Å². The molecule has 5 nitrogen and oxygen atoms in total. The van der Waals surface area contributed by atoms with Gasteiger partial charge in [-0.15, -0.1) is 0 Å². The minimum Gasteiger partial charge on any atom is -0.310 e. The highest BCUT2D eigenvalue weighted by Crippen LogP contribution is 2.48. The Morgan fingerprint density at radius 2 is 1.42 bits per heavy atom.